The smallest absolute Gasteiger partial charge is 0.253 e. The van der Waals surface area contributed by atoms with Crippen molar-refractivity contribution in [3.05, 3.63) is 35.4 Å². The number of carbonyl (C=O) groups excluding carboxylic acids is 1. The van der Waals surface area contributed by atoms with Gasteiger partial charge in [-0.2, -0.15) is 5.26 Å². The second-order valence-electron chi connectivity index (χ2n) is 5.19. The largest absolute Gasteiger partial charge is 0.339 e. The molecule has 1 aliphatic heterocycles. The molecule has 3 heteroatoms. The third-order valence-electron chi connectivity index (χ3n) is 3.97. The van der Waals surface area contributed by atoms with Gasteiger partial charge in [-0.05, 0) is 49.4 Å². The maximum absolute atomic E-state index is 12.4. The maximum Gasteiger partial charge on any atom is 0.253 e. The van der Waals surface area contributed by atoms with Crippen LogP contribution in [0.15, 0.2) is 24.3 Å². The Labute approximate surface area is 114 Å². The van der Waals surface area contributed by atoms with E-state index < -0.39 is 0 Å². The van der Waals surface area contributed by atoms with E-state index in [2.05, 4.69) is 13.0 Å². The van der Waals surface area contributed by atoms with Crippen molar-refractivity contribution in [2.75, 3.05) is 13.1 Å². The van der Waals surface area contributed by atoms with Crippen LogP contribution in [0.1, 0.15) is 48.5 Å². The van der Waals surface area contributed by atoms with E-state index in [4.69, 9.17) is 5.26 Å². The van der Waals surface area contributed by atoms with Crippen molar-refractivity contribution >= 4 is 5.91 Å². The van der Waals surface area contributed by atoms with Crippen molar-refractivity contribution in [2.45, 2.75) is 32.6 Å². The first-order chi connectivity index (χ1) is 9.24. The fraction of sp³-hybridized carbons (Fsp3) is 0.500. The standard InChI is InChI=1S/C16H20N2O/c1-2-13-4-3-10-18(11-9-13)16(19)15-7-5-14(12-17)6-8-15/h5-8,13H,2-4,9-11H2,1H3. The van der Waals surface area contributed by atoms with E-state index in [0.717, 1.165) is 31.8 Å². The molecule has 0 spiro atoms. The van der Waals surface area contributed by atoms with Crippen LogP contribution in [0.3, 0.4) is 0 Å². The molecule has 1 atom stereocenters. The van der Waals surface area contributed by atoms with Gasteiger partial charge in [0.15, 0.2) is 0 Å². The molecule has 1 unspecified atom stereocenters. The second kappa shape index (κ2) is 6.38. The molecule has 1 aromatic carbocycles. The molecule has 0 bridgehead atoms. The predicted molar refractivity (Wildman–Crippen MR) is 74.7 cm³/mol. The zero-order valence-corrected chi connectivity index (χ0v) is 11.4. The molecule has 1 amide bonds. The summed E-state index contributed by atoms with van der Waals surface area (Å²) in [6, 6.07) is 8.99. The first-order valence-electron chi connectivity index (χ1n) is 7.04. The Kier molecular flexibility index (Phi) is 4.57. The number of benzene rings is 1. The molecule has 100 valence electrons. The molecular weight excluding hydrogens is 236 g/mol. The summed E-state index contributed by atoms with van der Waals surface area (Å²) in [7, 11) is 0. The highest BCUT2D eigenvalue weighted by molar-refractivity contribution is 5.94. The number of nitriles is 1. The van der Waals surface area contributed by atoms with Gasteiger partial charge < -0.3 is 4.90 Å². The molecule has 0 aliphatic carbocycles. The van der Waals surface area contributed by atoms with E-state index >= 15 is 0 Å². The van der Waals surface area contributed by atoms with Gasteiger partial charge in [0.1, 0.15) is 0 Å². The summed E-state index contributed by atoms with van der Waals surface area (Å²) in [5.41, 5.74) is 1.28. The first kappa shape index (κ1) is 13.6. The molecule has 3 nitrogen and oxygen atoms in total. The van der Waals surface area contributed by atoms with Gasteiger partial charge in [0, 0.05) is 18.7 Å². The molecule has 1 saturated heterocycles. The number of rotatable bonds is 2. The topological polar surface area (TPSA) is 44.1 Å². The molecule has 0 aromatic heterocycles. The van der Waals surface area contributed by atoms with Gasteiger partial charge in [-0.25, -0.2) is 0 Å². The fourth-order valence-electron chi connectivity index (χ4n) is 2.65. The molecular formula is C16H20N2O. The summed E-state index contributed by atoms with van der Waals surface area (Å²) < 4.78 is 0. The highest BCUT2D eigenvalue weighted by Gasteiger charge is 2.20. The molecule has 1 heterocycles. The number of hydrogen-bond donors (Lipinski definition) is 0. The quantitative estimate of drug-likeness (QED) is 0.815. The Balaban J connectivity index is 2.04. The Bertz CT molecular complexity index is 473. The minimum atomic E-state index is 0.0984. The predicted octanol–water partition coefficient (Wildman–Crippen LogP) is 3.21. The second-order valence-corrected chi connectivity index (χ2v) is 5.19. The molecule has 0 radical (unpaired) electrons. The van der Waals surface area contributed by atoms with Crippen molar-refractivity contribution in [2.24, 2.45) is 5.92 Å². The van der Waals surface area contributed by atoms with Crippen molar-refractivity contribution in [1.82, 2.24) is 4.90 Å². The lowest BCUT2D eigenvalue weighted by Gasteiger charge is -2.20. The molecule has 1 aliphatic rings. The molecule has 19 heavy (non-hydrogen) atoms. The van der Waals surface area contributed by atoms with Gasteiger partial charge in [0.05, 0.1) is 11.6 Å². The Hall–Kier alpha value is -1.82. The van der Waals surface area contributed by atoms with Gasteiger partial charge in [-0.15, -0.1) is 0 Å². The first-order valence-corrected chi connectivity index (χ1v) is 7.04. The van der Waals surface area contributed by atoms with Crippen LogP contribution < -0.4 is 0 Å². The number of nitrogens with zero attached hydrogens (tertiary/aromatic N) is 2. The fourth-order valence-corrected chi connectivity index (χ4v) is 2.65. The molecule has 2 rings (SSSR count). The van der Waals surface area contributed by atoms with E-state index in [9.17, 15) is 4.79 Å². The zero-order valence-electron chi connectivity index (χ0n) is 11.4. The highest BCUT2D eigenvalue weighted by Crippen LogP contribution is 2.21. The van der Waals surface area contributed by atoms with Crippen LogP contribution in [0, 0.1) is 17.2 Å². The van der Waals surface area contributed by atoms with Crippen LogP contribution in [0.5, 0.6) is 0 Å². The van der Waals surface area contributed by atoms with E-state index in [-0.39, 0.29) is 5.91 Å². The van der Waals surface area contributed by atoms with Gasteiger partial charge in [0.25, 0.3) is 5.91 Å². The lowest BCUT2D eigenvalue weighted by Crippen LogP contribution is -2.32. The minimum absolute atomic E-state index is 0.0984. The van der Waals surface area contributed by atoms with Crippen LogP contribution in [-0.4, -0.2) is 23.9 Å². The van der Waals surface area contributed by atoms with Crippen LogP contribution in [0.2, 0.25) is 0 Å². The Morgan fingerprint density at radius 2 is 2.05 bits per heavy atom. The van der Waals surface area contributed by atoms with E-state index in [1.165, 1.54) is 12.8 Å². The number of amides is 1. The number of carbonyl (C=O) groups is 1. The molecule has 0 saturated carbocycles. The maximum atomic E-state index is 12.4. The third kappa shape index (κ3) is 3.35. The SMILES string of the molecule is CCC1CCCN(C(=O)c2ccc(C#N)cc2)CC1. The van der Waals surface area contributed by atoms with Crippen LogP contribution in [0.25, 0.3) is 0 Å². The average molecular weight is 256 g/mol. The summed E-state index contributed by atoms with van der Waals surface area (Å²) in [4.78, 5) is 14.3. The zero-order chi connectivity index (χ0) is 13.7. The molecule has 1 aromatic rings. The van der Waals surface area contributed by atoms with Crippen LogP contribution >= 0.6 is 0 Å². The summed E-state index contributed by atoms with van der Waals surface area (Å²) >= 11 is 0. The Morgan fingerprint density at radius 1 is 1.32 bits per heavy atom. The van der Waals surface area contributed by atoms with Crippen molar-refractivity contribution in [3.63, 3.8) is 0 Å². The van der Waals surface area contributed by atoms with E-state index in [0.29, 0.717) is 11.1 Å². The monoisotopic (exact) mass is 256 g/mol. The van der Waals surface area contributed by atoms with Crippen molar-refractivity contribution in [3.8, 4) is 6.07 Å². The average Bonchev–Trinajstić information content (AvgIpc) is 2.72. The highest BCUT2D eigenvalue weighted by atomic mass is 16.2. The minimum Gasteiger partial charge on any atom is -0.339 e. The summed E-state index contributed by atoms with van der Waals surface area (Å²) in [6.07, 6.45) is 4.64. The lowest BCUT2D eigenvalue weighted by atomic mass is 9.98. The van der Waals surface area contributed by atoms with E-state index in [1.54, 1.807) is 24.3 Å². The number of likely N-dealkylation sites (tertiary alicyclic amines) is 1. The Morgan fingerprint density at radius 3 is 2.68 bits per heavy atom. The third-order valence-corrected chi connectivity index (χ3v) is 3.97. The summed E-state index contributed by atoms with van der Waals surface area (Å²) in [5, 5.41) is 8.76. The summed E-state index contributed by atoms with van der Waals surface area (Å²) in [5.74, 6) is 0.861. The van der Waals surface area contributed by atoms with E-state index in [1.807, 2.05) is 4.90 Å². The molecule has 1 fully saturated rings. The summed E-state index contributed by atoms with van der Waals surface area (Å²) in [6.45, 7) is 3.94. The normalized spacial score (nSPS) is 19.6. The number of hydrogen-bond acceptors (Lipinski definition) is 2. The molecule has 0 N–H and O–H groups in total. The van der Waals surface area contributed by atoms with Gasteiger partial charge in [0.2, 0.25) is 0 Å². The van der Waals surface area contributed by atoms with Crippen molar-refractivity contribution in [1.29, 1.82) is 5.26 Å². The van der Waals surface area contributed by atoms with Gasteiger partial charge in [-0.1, -0.05) is 13.3 Å². The van der Waals surface area contributed by atoms with Gasteiger partial charge in [-0.3, -0.25) is 4.79 Å². The van der Waals surface area contributed by atoms with Crippen molar-refractivity contribution < 1.29 is 4.79 Å². The van der Waals surface area contributed by atoms with Gasteiger partial charge >= 0.3 is 0 Å². The van der Waals surface area contributed by atoms with Crippen LogP contribution in [-0.2, 0) is 0 Å². The lowest BCUT2D eigenvalue weighted by molar-refractivity contribution is 0.0760. The van der Waals surface area contributed by atoms with Crippen LogP contribution in [0.4, 0.5) is 0 Å².